The maximum atomic E-state index is 4.89. The molecule has 0 aliphatic heterocycles. The highest BCUT2D eigenvalue weighted by Gasteiger charge is 2.19. The van der Waals surface area contributed by atoms with Crippen molar-refractivity contribution in [2.75, 3.05) is 0 Å². The van der Waals surface area contributed by atoms with Gasteiger partial charge >= 0.3 is 8.60 Å². The number of hydrogen-bond donors (Lipinski definition) is 0. The van der Waals surface area contributed by atoms with E-state index in [9.17, 15) is 0 Å². The molecule has 6 nitrogen and oxygen atoms in total. The second-order valence-corrected chi connectivity index (χ2v) is 4.78. The molecule has 0 rings (SSSR count). The Kier molecular flexibility index (Phi) is 9.35. The van der Waals surface area contributed by atoms with Crippen molar-refractivity contribution in [1.29, 1.82) is 0 Å². The highest BCUT2D eigenvalue weighted by Crippen LogP contribution is 2.41. The second kappa shape index (κ2) is 9.24. The van der Waals surface area contributed by atoms with Crippen molar-refractivity contribution >= 4 is 8.60 Å². The summed E-state index contributed by atoms with van der Waals surface area (Å²) >= 11 is 0. The highest BCUT2D eigenvalue weighted by atomic mass is 31.2. The van der Waals surface area contributed by atoms with E-state index in [2.05, 4.69) is 0 Å². The van der Waals surface area contributed by atoms with Crippen LogP contribution in [0.15, 0.2) is 0 Å². The van der Waals surface area contributed by atoms with Gasteiger partial charge < -0.3 is 0 Å². The molecular weight excluding hydrogens is 235 g/mol. The first-order chi connectivity index (χ1) is 7.41. The monoisotopic (exact) mass is 256 g/mol. The molecule has 7 heteroatoms. The third kappa shape index (κ3) is 10.7. The molecule has 0 aromatic carbocycles. The van der Waals surface area contributed by atoms with Gasteiger partial charge in [-0.2, -0.15) is 0 Å². The molecule has 0 N–H and O–H groups in total. The molecule has 0 aromatic heterocycles. The molecule has 0 saturated carbocycles. The van der Waals surface area contributed by atoms with Gasteiger partial charge in [0, 0.05) is 0 Å². The maximum absolute atomic E-state index is 4.89. The van der Waals surface area contributed by atoms with E-state index in [1.807, 2.05) is 41.5 Å². The van der Waals surface area contributed by atoms with Crippen LogP contribution in [0.3, 0.4) is 0 Å². The van der Waals surface area contributed by atoms with E-state index >= 15 is 0 Å². The summed E-state index contributed by atoms with van der Waals surface area (Å²) < 4.78 is 14.6. The Morgan fingerprint density at radius 2 is 0.812 bits per heavy atom. The predicted molar refractivity (Wildman–Crippen MR) is 58.8 cm³/mol. The smallest absolute Gasteiger partial charge is 0.226 e. The minimum Gasteiger partial charge on any atom is -0.226 e. The second-order valence-electron chi connectivity index (χ2n) is 3.88. The Morgan fingerprint density at radius 1 is 0.562 bits per heavy atom. The van der Waals surface area contributed by atoms with Gasteiger partial charge in [-0.15, -0.1) is 14.0 Å². The lowest BCUT2D eigenvalue weighted by molar-refractivity contribution is -0.333. The highest BCUT2D eigenvalue weighted by molar-refractivity contribution is 7.41. The summed E-state index contributed by atoms with van der Waals surface area (Å²) in [6.45, 7) is 10.9. The van der Waals surface area contributed by atoms with Crippen molar-refractivity contribution in [2.24, 2.45) is 0 Å². The minimum absolute atomic E-state index is 0.102. The summed E-state index contributed by atoms with van der Waals surface area (Å²) in [5, 5.41) is 0. The molecule has 0 fully saturated rings. The summed E-state index contributed by atoms with van der Waals surface area (Å²) in [4.78, 5) is 14.7. The van der Waals surface area contributed by atoms with Gasteiger partial charge in [0.05, 0.1) is 18.3 Å². The van der Waals surface area contributed by atoms with Crippen LogP contribution < -0.4 is 0 Å². The van der Waals surface area contributed by atoms with Crippen LogP contribution in [-0.2, 0) is 28.7 Å². The molecule has 16 heavy (non-hydrogen) atoms. The van der Waals surface area contributed by atoms with E-state index in [1.54, 1.807) is 0 Å². The van der Waals surface area contributed by atoms with E-state index in [4.69, 9.17) is 28.7 Å². The lowest BCUT2D eigenvalue weighted by Gasteiger charge is -2.16. The minimum atomic E-state index is -1.82. The third-order valence-electron chi connectivity index (χ3n) is 0.889. The molecule has 0 aromatic rings. The molecule has 0 amide bonds. The average Bonchev–Trinajstić information content (AvgIpc) is 2.15. The largest absolute Gasteiger partial charge is 0.421 e. The van der Waals surface area contributed by atoms with Gasteiger partial charge in [-0.1, -0.05) is 0 Å². The Balaban J connectivity index is 3.85. The molecule has 0 atom stereocenters. The van der Waals surface area contributed by atoms with E-state index in [0.29, 0.717) is 0 Å². The van der Waals surface area contributed by atoms with Gasteiger partial charge in [-0.05, 0) is 41.5 Å². The molecule has 0 saturated heterocycles. The summed E-state index contributed by atoms with van der Waals surface area (Å²) in [5.41, 5.74) is 0. The van der Waals surface area contributed by atoms with Crippen molar-refractivity contribution in [2.45, 2.75) is 59.9 Å². The zero-order valence-electron chi connectivity index (χ0n) is 10.6. The Hall–Kier alpha value is 0.190. The van der Waals surface area contributed by atoms with Crippen molar-refractivity contribution in [1.82, 2.24) is 0 Å². The van der Waals surface area contributed by atoms with Crippen molar-refractivity contribution < 1.29 is 28.7 Å². The normalized spacial score (nSPS) is 12.4. The van der Waals surface area contributed by atoms with Gasteiger partial charge in [0.25, 0.3) is 0 Å². The number of rotatable bonds is 9. The first-order valence-electron chi connectivity index (χ1n) is 5.22. The molecule has 0 spiro atoms. The van der Waals surface area contributed by atoms with Crippen LogP contribution in [0.1, 0.15) is 41.5 Å². The first-order valence-corrected chi connectivity index (χ1v) is 6.31. The Labute approximate surface area is 97.9 Å². The van der Waals surface area contributed by atoms with Crippen molar-refractivity contribution in [3.8, 4) is 0 Å². The summed E-state index contributed by atoms with van der Waals surface area (Å²) in [6.07, 6.45) is -0.305. The van der Waals surface area contributed by atoms with Crippen LogP contribution >= 0.6 is 8.60 Å². The summed E-state index contributed by atoms with van der Waals surface area (Å²) in [5.74, 6) is 0. The molecule has 0 bridgehead atoms. The van der Waals surface area contributed by atoms with E-state index in [1.165, 1.54) is 0 Å². The van der Waals surface area contributed by atoms with Crippen LogP contribution in [0, 0.1) is 0 Å². The molecule has 0 radical (unpaired) electrons. The number of hydrogen-bond acceptors (Lipinski definition) is 6. The van der Waals surface area contributed by atoms with Crippen molar-refractivity contribution in [3.05, 3.63) is 0 Å². The van der Waals surface area contributed by atoms with Gasteiger partial charge in [0.15, 0.2) is 0 Å². The molecular formula is C9H21O6P. The molecule has 98 valence electrons. The van der Waals surface area contributed by atoms with Crippen molar-refractivity contribution in [3.63, 3.8) is 0 Å². The van der Waals surface area contributed by atoms with Crippen LogP contribution in [0.2, 0.25) is 0 Å². The zero-order valence-corrected chi connectivity index (χ0v) is 11.5. The fourth-order valence-corrected chi connectivity index (χ4v) is 1.20. The van der Waals surface area contributed by atoms with Crippen LogP contribution in [0.5, 0.6) is 0 Å². The SMILES string of the molecule is CC(C)OOP(OOC(C)C)OOC(C)C. The van der Waals surface area contributed by atoms with Gasteiger partial charge in [0.2, 0.25) is 0 Å². The van der Waals surface area contributed by atoms with Gasteiger partial charge in [0.1, 0.15) is 0 Å². The first kappa shape index (κ1) is 16.2. The summed E-state index contributed by atoms with van der Waals surface area (Å²) in [7, 11) is -1.82. The quantitative estimate of drug-likeness (QED) is 0.358. The molecule has 0 unspecified atom stereocenters. The van der Waals surface area contributed by atoms with Crippen LogP contribution in [-0.4, -0.2) is 18.3 Å². The lowest BCUT2D eigenvalue weighted by atomic mass is 10.5. The molecule has 0 aliphatic carbocycles. The lowest BCUT2D eigenvalue weighted by Crippen LogP contribution is -2.08. The Morgan fingerprint density at radius 3 is 1.00 bits per heavy atom. The fraction of sp³-hybridized carbons (Fsp3) is 1.00. The summed E-state index contributed by atoms with van der Waals surface area (Å²) in [6, 6.07) is 0. The molecule has 0 aliphatic rings. The van der Waals surface area contributed by atoms with Crippen LogP contribution in [0.25, 0.3) is 0 Å². The molecule has 0 heterocycles. The average molecular weight is 256 g/mol. The fourth-order valence-electron chi connectivity index (χ4n) is 0.401. The van der Waals surface area contributed by atoms with E-state index in [0.717, 1.165) is 0 Å². The predicted octanol–water partition coefficient (Wildman–Crippen LogP) is 3.28. The van der Waals surface area contributed by atoms with Gasteiger partial charge in [-0.25, -0.2) is 14.7 Å². The van der Waals surface area contributed by atoms with Crippen LogP contribution in [0.4, 0.5) is 0 Å². The topological polar surface area (TPSA) is 55.4 Å². The maximum Gasteiger partial charge on any atom is 0.421 e. The standard InChI is InChI=1S/C9H21O6P/c1-7(2)10-13-16(14-11-8(3)4)15-12-9(5)6/h7-9H,1-6H3. The van der Waals surface area contributed by atoms with E-state index in [-0.39, 0.29) is 18.3 Å². The third-order valence-corrected chi connectivity index (χ3v) is 1.51. The van der Waals surface area contributed by atoms with Gasteiger partial charge in [-0.3, -0.25) is 0 Å². The zero-order chi connectivity index (χ0) is 12.6. The Bertz CT molecular complexity index is 136. The van der Waals surface area contributed by atoms with E-state index < -0.39 is 8.60 Å².